The second-order valence-corrected chi connectivity index (χ2v) is 6.10. The zero-order valence-electron chi connectivity index (χ0n) is 10.9. The van der Waals surface area contributed by atoms with E-state index in [1.807, 2.05) is 48.5 Å². The van der Waals surface area contributed by atoms with Crippen LogP contribution in [0.3, 0.4) is 0 Å². The van der Waals surface area contributed by atoms with Crippen molar-refractivity contribution in [3.8, 4) is 0 Å². The Balaban J connectivity index is 1.80. The average molecular weight is 312 g/mol. The van der Waals surface area contributed by atoms with Crippen molar-refractivity contribution in [2.75, 3.05) is 0 Å². The number of pyridine rings is 1. The first-order valence-corrected chi connectivity index (χ1v) is 7.66. The van der Waals surface area contributed by atoms with Crippen LogP contribution in [0.4, 0.5) is 0 Å². The lowest BCUT2D eigenvalue weighted by Gasteiger charge is -2.03. The Morgan fingerprint density at radius 1 is 1.00 bits per heavy atom. The maximum Gasteiger partial charge on any atom is 0.171 e. The molecule has 0 saturated carbocycles. The Morgan fingerprint density at radius 3 is 2.81 bits per heavy atom. The predicted molar refractivity (Wildman–Crippen MR) is 87.0 cm³/mol. The lowest BCUT2D eigenvalue weighted by atomic mass is 10.2. The van der Waals surface area contributed by atoms with Crippen molar-refractivity contribution in [1.29, 1.82) is 0 Å². The van der Waals surface area contributed by atoms with E-state index in [1.165, 1.54) is 0 Å². The highest BCUT2D eigenvalue weighted by Crippen LogP contribution is 2.32. The summed E-state index contributed by atoms with van der Waals surface area (Å²) in [6.07, 6.45) is 1.80. The molecule has 0 aliphatic rings. The second kappa shape index (κ2) is 5.06. The third-order valence-electron chi connectivity index (χ3n) is 3.24. The van der Waals surface area contributed by atoms with Crippen molar-refractivity contribution in [3.05, 3.63) is 59.8 Å². The van der Waals surface area contributed by atoms with Crippen LogP contribution in [-0.4, -0.2) is 15.0 Å². The number of halogens is 1. The monoisotopic (exact) mass is 311 g/mol. The summed E-state index contributed by atoms with van der Waals surface area (Å²) in [6, 6.07) is 15.8. The normalized spacial score (nSPS) is 11.3. The van der Waals surface area contributed by atoms with Crippen LogP contribution in [0.2, 0.25) is 5.02 Å². The SMILES string of the molecule is Clc1ccc2c(Sc3nc4ccccc4[nH]3)ccnc2c1. The molecule has 0 atom stereocenters. The molecule has 0 radical (unpaired) electrons. The summed E-state index contributed by atoms with van der Waals surface area (Å²) in [4.78, 5) is 13.4. The fourth-order valence-corrected chi connectivity index (χ4v) is 3.36. The molecular weight excluding hydrogens is 302 g/mol. The first-order chi connectivity index (χ1) is 10.3. The van der Waals surface area contributed by atoms with Crippen LogP contribution in [0.5, 0.6) is 0 Å². The number of para-hydroxylation sites is 2. The molecule has 0 aliphatic heterocycles. The minimum Gasteiger partial charge on any atom is -0.333 e. The molecule has 2 aromatic carbocycles. The fraction of sp³-hybridized carbons (Fsp3) is 0. The minimum atomic E-state index is 0.695. The van der Waals surface area contributed by atoms with Gasteiger partial charge in [0.05, 0.1) is 16.6 Å². The van der Waals surface area contributed by atoms with Gasteiger partial charge in [0.25, 0.3) is 0 Å². The van der Waals surface area contributed by atoms with E-state index in [1.54, 1.807) is 18.0 Å². The number of hydrogen-bond donors (Lipinski definition) is 1. The molecule has 5 heteroatoms. The molecule has 2 aromatic heterocycles. The van der Waals surface area contributed by atoms with E-state index in [-0.39, 0.29) is 0 Å². The maximum absolute atomic E-state index is 6.02. The number of nitrogens with one attached hydrogen (secondary N) is 1. The highest BCUT2D eigenvalue weighted by atomic mass is 35.5. The van der Waals surface area contributed by atoms with Gasteiger partial charge in [-0.15, -0.1) is 0 Å². The summed E-state index contributed by atoms with van der Waals surface area (Å²) in [5, 5.41) is 2.65. The summed E-state index contributed by atoms with van der Waals surface area (Å²) in [6.45, 7) is 0. The highest BCUT2D eigenvalue weighted by molar-refractivity contribution is 7.99. The van der Waals surface area contributed by atoms with E-state index < -0.39 is 0 Å². The number of imidazole rings is 1. The van der Waals surface area contributed by atoms with Crippen LogP contribution in [0.25, 0.3) is 21.9 Å². The summed E-state index contributed by atoms with van der Waals surface area (Å²) in [7, 11) is 0. The van der Waals surface area contributed by atoms with E-state index in [4.69, 9.17) is 11.6 Å². The number of aromatic nitrogens is 3. The van der Waals surface area contributed by atoms with Crippen molar-refractivity contribution >= 4 is 45.3 Å². The molecular formula is C16H10ClN3S. The maximum atomic E-state index is 6.02. The molecule has 0 bridgehead atoms. The second-order valence-electron chi connectivity index (χ2n) is 4.63. The summed E-state index contributed by atoms with van der Waals surface area (Å²) in [5.41, 5.74) is 2.91. The van der Waals surface area contributed by atoms with Gasteiger partial charge in [0.1, 0.15) is 0 Å². The molecule has 0 spiro atoms. The predicted octanol–water partition coefficient (Wildman–Crippen LogP) is 4.92. The van der Waals surface area contributed by atoms with E-state index in [0.717, 1.165) is 32.0 Å². The Labute approximate surface area is 130 Å². The number of benzene rings is 2. The minimum absolute atomic E-state index is 0.695. The lowest BCUT2D eigenvalue weighted by molar-refractivity contribution is 1.08. The molecule has 102 valence electrons. The van der Waals surface area contributed by atoms with Crippen LogP contribution in [0.15, 0.2) is 64.8 Å². The standard InChI is InChI=1S/C16H10ClN3S/c17-10-5-6-11-14(9-10)18-8-7-15(11)21-16-19-12-3-1-2-4-13(12)20-16/h1-9H,(H,19,20). The average Bonchev–Trinajstić information content (AvgIpc) is 2.89. The van der Waals surface area contributed by atoms with Gasteiger partial charge in [-0.3, -0.25) is 4.98 Å². The largest absolute Gasteiger partial charge is 0.333 e. The van der Waals surface area contributed by atoms with Crippen LogP contribution in [0.1, 0.15) is 0 Å². The fourth-order valence-electron chi connectivity index (χ4n) is 2.27. The van der Waals surface area contributed by atoms with Gasteiger partial charge in [0.15, 0.2) is 5.16 Å². The Morgan fingerprint density at radius 2 is 1.90 bits per heavy atom. The highest BCUT2D eigenvalue weighted by Gasteiger charge is 2.08. The quantitative estimate of drug-likeness (QED) is 0.571. The number of nitrogens with zero attached hydrogens (tertiary/aromatic N) is 2. The van der Waals surface area contributed by atoms with Gasteiger partial charge in [0.2, 0.25) is 0 Å². The molecule has 0 saturated heterocycles. The molecule has 0 unspecified atom stereocenters. The molecule has 4 rings (SSSR count). The molecule has 1 N–H and O–H groups in total. The number of H-pyrrole nitrogens is 1. The first kappa shape index (κ1) is 12.7. The van der Waals surface area contributed by atoms with Crippen LogP contribution in [-0.2, 0) is 0 Å². The number of aromatic amines is 1. The first-order valence-electron chi connectivity index (χ1n) is 6.46. The molecule has 21 heavy (non-hydrogen) atoms. The summed E-state index contributed by atoms with van der Waals surface area (Å²) < 4.78 is 0. The van der Waals surface area contributed by atoms with Crippen molar-refractivity contribution in [3.63, 3.8) is 0 Å². The third-order valence-corrected chi connectivity index (χ3v) is 4.44. The zero-order chi connectivity index (χ0) is 14.2. The van der Waals surface area contributed by atoms with Crippen molar-refractivity contribution in [2.24, 2.45) is 0 Å². The number of fused-ring (bicyclic) bond motifs is 2. The molecule has 3 nitrogen and oxygen atoms in total. The smallest absolute Gasteiger partial charge is 0.171 e. The number of hydrogen-bond acceptors (Lipinski definition) is 3. The molecule has 0 aliphatic carbocycles. The van der Waals surface area contributed by atoms with E-state index in [9.17, 15) is 0 Å². The van der Waals surface area contributed by atoms with Gasteiger partial charge in [-0.05, 0) is 30.3 Å². The van der Waals surface area contributed by atoms with E-state index in [2.05, 4.69) is 15.0 Å². The van der Waals surface area contributed by atoms with Crippen molar-refractivity contribution in [2.45, 2.75) is 10.1 Å². The zero-order valence-corrected chi connectivity index (χ0v) is 12.4. The van der Waals surface area contributed by atoms with Gasteiger partial charge < -0.3 is 4.98 Å². The number of rotatable bonds is 2. The van der Waals surface area contributed by atoms with Gasteiger partial charge in [-0.25, -0.2) is 4.98 Å². The van der Waals surface area contributed by atoms with Crippen LogP contribution in [0, 0.1) is 0 Å². The Hall–Kier alpha value is -2.04. The van der Waals surface area contributed by atoms with Crippen molar-refractivity contribution in [1.82, 2.24) is 15.0 Å². The van der Waals surface area contributed by atoms with Gasteiger partial charge in [-0.1, -0.05) is 41.6 Å². The van der Waals surface area contributed by atoms with E-state index >= 15 is 0 Å². The van der Waals surface area contributed by atoms with Crippen LogP contribution < -0.4 is 0 Å². The lowest BCUT2D eigenvalue weighted by Crippen LogP contribution is -1.83. The summed E-state index contributed by atoms with van der Waals surface area (Å²) in [5.74, 6) is 0. The topological polar surface area (TPSA) is 41.6 Å². The van der Waals surface area contributed by atoms with Gasteiger partial charge >= 0.3 is 0 Å². The third kappa shape index (κ3) is 2.37. The van der Waals surface area contributed by atoms with Gasteiger partial charge in [0, 0.05) is 21.5 Å². The molecule has 4 aromatic rings. The van der Waals surface area contributed by atoms with Gasteiger partial charge in [-0.2, -0.15) is 0 Å². The van der Waals surface area contributed by atoms with Crippen molar-refractivity contribution < 1.29 is 0 Å². The van der Waals surface area contributed by atoms with Crippen LogP contribution >= 0.6 is 23.4 Å². The van der Waals surface area contributed by atoms with E-state index in [0.29, 0.717) is 5.02 Å². The Bertz CT molecular complexity index is 915. The Kier molecular flexibility index (Phi) is 3.05. The summed E-state index contributed by atoms with van der Waals surface area (Å²) >= 11 is 7.62. The molecule has 2 heterocycles. The molecule has 0 fully saturated rings. The molecule has 0 amide bonds.